The molecule has 1 N–H and O–H groups in total. The molecule has 0 saturated carbocycles. The van der Waals surface area contributed by atoms with Crippen LogP contribution >= 0.6 is 27.3 Å². The monoisotopic (exact) mass is 317 g/mol. The van der Waals surface area contributed by atoms with Crippen LogP contribution in [0.5, 0.6) is 0 Å². The van der Waals surface area contributed by atoms with Crippen LogP contribution in [0.15, 0.2) is 15.9 Å². The molecule has 0 amide bonds. The molecule has 1 aromatic rings. The lowest BCUT2D eigenvalue weighted by Gasteiger charge is -2.20. The van der Waals surface area contributed by atoms with Gasteiger partial charge in [0.15, 0.2) is 0 Å². The van der Waals surface area contributed by atoms with E-state index in [1.165, 1.54) is 22.2 Å². The molecule has 0 fully saturated rings. The maximum absolute atomic E-state index is 3.57. The molecule has 1 aromatic heterocycles. The van der Waals surface area contributed by atoms with E-state index in [0.29, 0.717) is 6.04 Å². The average Bonchev–Trinajstić information content (AvgIpc) is 2.59. The Hall–Kier alpha value is 0.140. The second-order valence-corrected chi connectivity index (χ2v) is 7.41. The minimum atomic E-state index is 0.583. The second-order valence-electron chi connectivity index (χ2n) is 5.49. The Morgan fingerprint density at radius 1 is 1.29 bits per heavy atom. The minimum Gasteiger partial charge on any atom is -0.314 e. The van der Waals surface area contributed by atoms with E-state index in [2.05, 4.69) is 60.4 Å². The predicted octanol–water partition coefficient (Wildman–Crippen LogP) is 4.71. The molecule has 3 heteroatoms. The van der Waals surface area contributed by atoms with Crippen LogP contribution in [0.25, 0.3) is 0 Å². The summed E-state index contributed by atoms with van der Waals surface area (Å²) in [5, 5.41) is 5.75. The molecular weight excluding hydrogens is 294 g/mol. The van der Waals surface area contributed by atoms with Gasteiger partial charge in [-0.25, -0.2) is 0 Å². The third-order valence-corrected chi connectivity index (χ3v) is 4.45. The van der Waals surface area contributed by atoms with E-state index in [0.717, 1.165) is 18.4 Å². The van der Waals surface area contributed by atoms with Crippen LogP contribution in [-0.4, -0.2) is 12.6 Å². The highest BCUT2D eigenvalue weighted by Gasteiger charge is 2.13. The Kier molecular flexibility index (Phi) is 6.75. The molecule has 0 aliphatic carbocycles. The quantitative estimate of drug-likeness (QED) is 0.767. The fourth-order valence-corrected chi connectivity index (χ4v) is 3.62. The minimum absolute atomic E-state index is 0.583. The Balaban J connectivity index is 2.50. The molecule has 0 aromatic carbocycles. The predicted molar refractivity (Wildman–Crippen MR) is 81.8 cm³/mol. The Bertz CT molecular complexity index is 320. The summed E-state index contributed by atoms with van der Waals surface area (Å²) in [4.78, 5) is 1.49. The standard InChI is InChI=1S/C14H24BrNS/c1-10(2)5-12(8-16-11(3)4)6-14-7-13(15)9-17-14/h7,9-12,16H,5-6,8H2,1-4H3. The zero-order valence-corrected chi connectivity index (χ0v) is 13.7. The SMILES string of the molecule is CC(C)CC(CNC(C)C)Cc1cc(Br)cs1. The third kappa shape index (κ3) is 6.58. The van der Waals surface area contributed by atoms with E-state index in [1.807, 2.05) is 11.3 Å². The molecule has 1 rings (SSSR count). The summed E-state index contributed by atoms with van der Waals surface area (Å²) < 4.78 is 1.22. The van der Waals surface area contributed by atoms with E-state index >= 15 is 0 Å². The Morgan fingerprint density at radius 3 is 2.47 bits per heavy atom. The van der Waals surface area contributed by atoms with Gasteiger partial charge in [-0.15, -0.1) is 11.3 Å². The van der Waals surface area contributed by atoms with Crippen molar-refractivity contribution in [2.24, 2.45) is 11.8 Å². The first-order valence-electron chi connectivity index (χ1n) is 6.43. The van der Waals surface area contributed by atoms with Gasteiger partial charge < -0.3 is 5.32 Å². The van der Waals surface area contributed by atoms with Gasteiger partial charge in [-0.3, -0.25) is 0 Å². The van der Waals surface area contributed by atoms with E-state index in [4.69, 9.17) is 0 Å². The van der Waals surface area contributed by atoms with E-state index < -0.39 is 0 Å². The largest absolute Gasteiger partial charge is 0.314 e. The zero-order valence-electron chi connectivity index (χ0n) is 11.3. The van der Waals surface area contributed by atoms with Gasteiger partial charge in [-0.1, -0.05) is 27.7 Å². The van der Waals surface area contributed by atoms with Crippen molar-refractivity contribution in [1.29, 1.82) is 0 Å². The summed E-state index contributed by atoms with van der Waals surface area (Å²) >= 11 is 5.39. The van der Waals surface area contributed by atoms with Crippen LogP contribution in [-0.2, 0) is 6.42 Å². The van der Waals surface area contributed by atoms with Gasteiger partial charge in [-0.05, 0) is 53.2 Å². The smallest absolute Gasteiger partial charge is 0.0285 e. The fraction of sp³-hybridized carbons (Fsp3) is 0.714. The molecule has 1 heterocycles. The van der Waals surface area contributed by atoms with Gasteiger partial charge in [0.1, 0.15) is 0 Å². The van der Waals surface area contributed by atoms with Crippen molar-refractivity contribution in [1.82, 2.24) is 5.32 Å². The first-order chi connectivity index (χ1) is 7.97. The van der Waals surface area contributed by atoms with Crippen LogP contribution in [0.1, 0.15) is 39.0 Å². The van der Waals surface area contributed by atoms with Crippen molar-refractivity contribution < 1.29 is 0 Å². The molecule has 98 valence electrons. The van der Waals surface area contributed by atoms with Crippen molar-refractivity contribution >= 4 is 27.3 Å². The maximum Gasteiger partial charge on any atom is 0.0285 e. The molecular formula is C14H24BrNS. The lowest BCUT2D eigenvalue weighted by Crippen LogP contribution is -2.30. The van der Waals surface area contributed by atoms with E-state index in [-0.39, 0.29) is 0 Å². The van der Waals surface area contributed by atoms with Crippen LogP contribution < -0.4 is 5.32 Å². The molecule has 1 unspecified atom stereocenters. The summed E-state index contributed by atoms with van der Waals surface area (Å²) in [5.41, 5.74) is 0. The number of hydrogen-bond acceptors (Lipinski definition) is 2. The average molecular weight is 318 g/mol. The highest BCUT2D eigenvalue weighted by atomic mass is 79.9. The first kappa shape index (κ1) is 15.2. The van der Waals surface area contributed by atoms with Gasteiger partial charge in [-0.2, -0.15) is 0 Å². The van der Waals surface area contributed by atoms with Crippen molar-refractivity contribution in [2.75, 3.05) is 6.54 Å². The molecule has 0 saturated heterocycles. The summed E-state index contributed by atoms with van der Waals surface area (Å²) in [6, 6.07) is 2.84. The lowest BCUT2D eigenvalue weighted by molar-refractivity contribution is 0.374. The normalized spacial score (nSPS) is 13.6. The molecule has 0 spiro atoms. The van der Waals surface area contributed by atoms with Crippen molar-refractivity contribution in [2.45, 2.75) is 46.6 Å². The Morgan fingerprint density at radius 2 is 2.00 bits per heavy atom. The summed E-state index contributed by atoms with van der Waals surface area (Å²) in [6.45, 7) is 10.2. The number of rotatable bonds is 7. The van der Waals surface area contributed by atoms with Crippen LogP contribution in [0.4, 0.5) is 0 Å². The van der Waals surface area contributed by atoms with Crippen molar-refractivity contribution in [3.05, 3.63) is 20.8 Å². The zero-order chi connectivity index (χ0) is 12.8. The summed E-state index contributed by atoms with van der Waals surface area (Å²) in [7, 11) is 0. The number of thiophene rings is 1. The summed E-state index contributed by atoms with van der Waals surface area (Å²) in [6.07, 6.45) is 2.50. The maximum atomic E-state index is 3.57. The van der Waals surface area contributed by atoms with Crippen LogP contribution in [0, 0.1) is 11.8 Å². The van der Waals surface area contributed by atoms with Crippen molar-refractivity contribution in [3.8, 4) is 0 Å². The number of halogens is 1. The lowest BCUT2D eigenvalue weighted by atomic mass is 9.93. The molecule has 1 nitrogen and oxygen atoms in total. The highest BCUT2D eigenvalue weighted by Crippen LogP contribution is 2.24. The molecule has 0 aliphatic rings. The highest BCUT2D eigenvalue weighted by molar-refractivity contribution is 9.10. The van der Waals surface area contributed by atoms with E-state index in [9.17, 15) is 0 Å². The number of hydrogen-bond donors (Lipinski definition) is 1. The summed E-state index contributed by atoms with van der Waals surface area (Å²) in [5.74, 6) is 1.53. The molecule has 0 radical (unpaired) electrons. The molecule has 0 aliphatic heterocycles. The fourth-order valence-electron chi connectivity index (χ4n) is 2.05. The van der Waals surface area contributed by atoms with Gasteiger partial charge in [0.25, 0.3) is 0 Å². The van der Waals surface area contributed by atoms with Gasteiger partial charge in [0, 0.05) is 20.8 Å². The molecule has 0 bridgehead atoms. The van der Waals surface area contributed by atoms with Crippen LogP contribution in [0.2, 0.25) is 0 Å². The number of nitrogens with one attached hydrogen (secondary N) is 1. The molecule has 1 atom stereocenters. The van der Waals surface area contributed by atoms with Gasteiger partial charge >= 0.3 is 0 Å². The first-order valence-corrected chi connectivity index (χ1v) is 8.11. The van der Waals surface area contributed by atoms with E-state index in [1.54, 1.807) is 0 Å². The van der Waals surface area contributed by atoms with Gasteiger partial charge in [0.2, 0.25) is 0 Å². The second kappa shape index (κ2) is 7.55. The van der Waals surface area contributed by atoms with Crippen LogP contribution in [0.3, 0.4) is 0 Å². The topological polar surface area (TPSA) is 12.0 Å². The van der Waals surface area contributed by atoms with Crippen molar-refractivity contribution in [3.63, 3.8) is 0 Å². The molecule has 17 heavy (non-hydrogen) atoms. The van der Waals surface area contributed by atoms with Gasteiger partial charge in [0.05, 0.1) is 0 Å². The third-order valence-electron chi connectivity index (χ3n) is 2.73. The Labute approximate surface area is 118 Å².